The number of nitrogens with two attached hydrogens (primary N) is 1. The lowest BCUT2D eigenvalue weighted by molar-refractivity contribution is 0.531. The van der Waals surface area contributed by atoms with Gasteiger partial charge in [-0.2, -0.15) is 0 Å². The molecule has 0 fully saturated rings. The molecule has 168 valence electrons. The van der Waals surface area contributed by atoms with E-state index in [2.05, 4.69) is 20.3 Å². The van der Waals surface area contributed by atoms with E-state index in [9.17, 15) is 4.39 Å². The van der Waals surface area contributed by atoms with Crippen LogP contribution in [0.2, 0.25) is 0 Å². The Bertz CT molecular complexity index is 1250. The van der Waals surface area contributed by atoms with Crippen molar-refractivity contribution in [3.63, 3.8) is 0 Å². The number of imidazole rings is 1. The van der Waals surface area contributed by atoms with Crippen molar-refractivity contribution >= 4 is 11.7 Å². The third-order valence-corrected chi connectivity index (χ3v) is 5.13. The van der Waals surface area contributed by atoms with Crippen molar-refractivity contribution in [1.29, 1.82) is 0 Å². The molecular weight excluding hydrogens is 417 g/mol. The summed E-state index contributed by atoms with van der Waals surface area (Å²) < 4.78 is 18.8. The number of benzene rings is 3. The predicted molar refractivity (Wildman–Crippen MR) is 130 cm³/mol. The van der Waals surface area contributed by atoms with E-state index in [1.165, 1.54) is 12.1 Å². The van der Waals surface area contributed by atoms with Gasteiger partial charge < -0.3 is 20.8 Å². The summed E-state index contributed by atoms with van der Waals surface area (Å²) in [5, 5.41) is 3.39. The molecule has 4 aromatic rings. The van der Waals surface area contributed by atoms with Crippen LogP contribution >= 0.6 is 0 Å². The first-order valence-corrected chi connectivity index (χ1v) is 10.7. The molecule has 0 spiro atoms. The van der Waals surface area contributed by atoms with Gasteiger partial charge in [-0.1, -0.05) is 24.3 Å². The van der Waals surface area contributed by atoms with Crippen LogP contribution in [0.1, 0.15) is 29.8 Å². The van der Waals surface area contributed by atoms with Crippen molar-refractivity contribution in [2.45, 2.75) is 26.4 Å². The fourth-order valence-corrected chi connectivity index (χ4v) is 3.40. The summed E-state index contributed by atoms with van der Waals surface area (Å²) in [5.41, 5.74) is 10.8. The van der Waals surface area contributed by atoms with Crippen molar-refractivity contribution in [2.24, 2.45) is 10.7 Å². The number of aryl methyl sites for hydroxylation is 1. The smallest absolute Gasteiger partial charge is 0.288 e. The van der Waals surface area contributed by atoms with E-state index in [4.69, 9.17) is 10.5 Å². The topological polar surface area (TPSA) is 88.3 Å². The molecule has 4 N–H and O–H groups in total. The summed E-state index contributed by atoms with van der Waals surface area (Å²) >= 11 is 0. The minimum Gasteiger partial charge on any atom is -0.426 e. The van der Waals surface area contributed by atoms with E-state index in [0.717, 1.165) is 28.1 Å². The van der Waals surface area contributed by atoms with Crippen molar-refractivity contribution in [2.75, 3.05) is 5.32 Å². The van der Waals surface area contributed by atoms with Gasteiger partial charge in [0.2, 0.25) is 0 Å². The second kappa shape index (κ2) is 9.99. The first kappa shape index (κ1) is 22.1. The van der Waals surface area contributed by atoms with E-state index >= 15 is 0 Å². The predicted octanol–water partition coefficient (Wildman–Crippen LogP) is 5.59. The lowest BCUT2D eigenvalue weighted by Gasteiger charge is -2.12. The number of ether oxygens (including phenoxy) is 1. The van der Waals surface area contributed by atoms with Crippen molar-refractivity contribution < 1.29 is 9.13 Å². The van der Waals surface area contributed by atoms with E-state index in [-0.39, 0.29) is 17.9 Å². The molecule has 0 saturated carbocycles. The minimum atomic E-state index is -0.269. The average Bonchev–Trinajstić information content (AvgIpc) is 3.27. The number of hydrogen-bond acceptors (Lipinski definition) is 4. The summed E-state index contributed by atoms with van der Waals surface area (Å²) in [6, 6.07) is 21.9. The van der Waals surface area contributed by atoms with E-state index < -0.39 is 0 Å². The summed E-state index contributed by atoms with van der Waals surface area (Å²) in [6.07, 6.45) is 1.77. The zero-order chi connectivity index (χ0) is 23.2. The molecule has 0 aliphatic rings. The molecule has 33 heavy (non-hydrogen) atoms. The van der Waals surface area contributed by atoms with Gasteiger partial charge in [-0.3, -0.25) is 0 Å². The average molecular weight is 444 g/mol. The van der Waals surface area contributed by atoms with Crippen molar-refractivity contribution in [1.82, 2.24) is 9.97 Å². The minimum absolute atomic E-state index is 0.122. The number of nitrogens with one attached hydrogen (secondary N) is 2. The van der Waals surface area contributed by atoms with Crippen LogP contribution in [0.25, 0.3) is 11.4 Å². The first-order valence-electron chi connectivity index (χ1n) is 10.7. The van der Waals surface area contributed by atoms with Gasteiger partial charge in [0.1, 0.15) is 17.4 Å². The summed E-state index contributed by atoms with van der Waals surface area (Å²) in [5.74, 6) is 1.10. The number of rotatable bonds is 7. The Hall–Kier alpha value is -4.13. The largest absolute Gasteiger partial charge is 0.426 e. The number of hydrogen-bond donors (Lipinski definition) is 3. The summed E-state index contributed by atoms with van der Waals surface area (Å²) in [4.78, 5) is 12.1. The molecule has 0 saturated heterocycles. The van der Waals surface area contributed by atoms with Gasteiger partial charge in [-0.15, -0.1) is 0 Å². The molecule has 4 rings (SSSR count). The van der Waals surface area contributed by atoms with Crippen LogP contribution in [0.15, 0.2) is 84.0 Å². The number of aromatic nitrogens is 2. The van der Waals surface area contributed by atoms with Crippen LogP contribution in [0.4, 0.5) is 10.1 Å². The van der Waals surface area contributed by atoms with Gasteiger partial charge in [0.25, 0.3) is 6.02 Å². The number of anilines is 1. The van der Waals surface area contributed by atoms with Gasteiger partial charge in [0, 0.05) is 11.3 Å². The lowest BCUT2D eigenvalue weighted by atomic mass is 10.1. The van der Waals surface area contributed by atoms with Gasteiger partial charge in [-0.25, -0.2) is 14.4 Å². The molecule has 0 aliphatic heterocycles. The van der Waals surface area contributed by atoms with Gasteiger partial charge in [0.15, 0.2) is 0 Å². The van der Waals surface area contributed by atoms with Crippen LogP contribution in [0.5, 0.6) is 5.75 Å². The van der Waals surface area contributed by atoms with Crippen molar-refractivity contribution in [3.8, 4) is 17.1 Å². The Morgan fingerprint density at radius 3 is 2.70 bits per heavy atom. The van der Waals surface area contributed by atoms with Crippen LogP contribution in [-0.4, -0.2) is 16.0 Å². The van der Waals surface area contributed by atoms with Gasteiger partial charge >= 0.3 is 0 Å². The third kappa shape index (κ3) is 5.98. The monoisotopic (exact) mass is 443 g/mol. The summed E-state index contributed by atoms with van der Waals surface area (Å²) in [7, 11) is 0. The van der Waals surface area contributed by atoms with Crippen LogP contribution in [-0.2, 0) is 6.54 Å². The Labute approximate surface area is 192 Å². The highest BCUT2D eigenvalue weighted by molar-refractivity contribution is 5.74. The molecule has 3 aromatic carbocycles. The number of amidine groups is 1. The third-order valence-electron chi connectivity index (χ3n) is 5.13. The number of aliphatic imine (C=N–C) groups is 1. The molecule has 1 aromatic heterocycles. The molecule has 0 radical (unpaired) electrons. The zero-order valence-corrected chi connectivity index (χ0v) is 18.5. The molecular formula is C26H26FN5O. The zero-order valence-electron chi connectivity index (χ0n) is 18.5. The maximum Gasteiger partial charge on any atom is 0.288 e. The maximum atomic E-state index is 13.1. The number of halogens is 1. The fourth-order valence-electron chi connectivity index (χ4n) is 3.40. The normalized spacial score (nSPS) is 12.4. The van der Waals surface area contributed by atoms with Crippen LogP contribution < -0.4 is 15.8 Å². The summed E-state index contributed by atoms with van der Waals surface area (Å²) in [6.45, 7) is 4.53. The Kier molecular flexibility index (Phi) is 6.69. The molecule has 7 heteroatoms. The highest BCUT2D eigenvalue weighted by Crippen LogP contribution is 2.22. The molecule has 1 heterocycles. The molecule has 0 bridgehead atoms. The van der Waals surface area contributed by atoms with Crippen LogP contribution in [0, 0.1) is 12.7 Å². The molecule has 1 unspecified atom stereocenters. The molecule has 1 atom stereocenters. The maximum absolute atomic E-state index is 13.1. The lowest BCUT2D eigenvalue weighted by Crippen LogP contribution is -2.20. The van der Waals surface area contributed by atoms with Crippen molar-refractivity contribution in [3.05, 3.63) is 102 Å². The highest BCUT2D eigenvalue weighted by atomic mass is 19.1. The second-order valence-corrected chi connectivity index (χ2v) is 7.80. The quantitative estimate of drug-likeness (QED) is 0.257. The first-order chi connectivity index (χ1) is 16.0. The Morgan fingerprint density at radius 1 is 1.12 bits per heavy atom. The number of nitrogens with zero attached hydrogens (tertiary/aromatic N) is 2. The number of H-pyrrole nitrogens is 1. The van der Waals surface area contributed by atoms with Gasteiger partial charge in [0.05, 0.1) is 24.5 Å². The molecule has 0 aliphatic carbocycles. The van der Waals surface area contributed by atoms with Gasteiger partial charge in [-0.05, 0) is 73.5 Å². The Morgan fingerprint density at radius 2 is 1.91 bits per heavy atom. The Balaban J connectivity index is 1.38. The van der Waals surface area contributed by atoms with E-state index in [1.807, 2.05) is 62.4 Å². The van der Waals surface area contributed by atoms with E-state index in [0.29, 0.717) is 18.1 Å². The van der Waals surface area contributed by atoms with Crippen LogP contribution in [0.3, 0.4) is 0 Å². The van der Waals surface area contributed by atoms with E-state index in [1.54, 1.807) is 18.3 Å². The number of aromatic amines is 1. The molecule has 0 amide bonds. The highest BCUT2D eigenvalue weighted by Gasteiger charge is 2.08. The second-order valence-electron chi connectivity index (χ2n) is 7.80. The SMILES string of the molecule is Cc1cccc(OC(N)=NC(C)c2cccc(NCc3cnc(-c4ccc(F)cc4)[nH]3)c2)c1. The standard InChI is InChI=1S/C26H26FN5O/c1-17-5-3-8-24(13-17)33-26(28)31-18(2)20-6-4-7-22(14-20)29-15-23-16-30-25(32-23)19-9-11-21(27)12-10-19/h3-14,16,18,29H,15H2,1-2H3,(H2,28,31)(H,30,32). The fraction of sp³-hybridized carbons (Fsp3) is 0.154. The molecule has 6 nitrogen and oxygen atoms in total.